The van der Waals surface area contributed by atoms with Crippen LogP contribution in [0.25, 0.3) is 0 Å². The monoisotopic (exact) mass is 487 g/mol. The smallest absolute Gasteiger partial charge is 0.264 e. The largest absolute Gasteiger partial charge is 0.368 e. The van der Waals surface area contributed by atoms with Gasteiger partial charge in [0.15, 0.2) is 0 Å². The maximum absolute atomic E-state index is 13.6. The molecule has 180 valence electrons. The van der Waals surface area contributed by atoms with Crippen molar-refractivity contribution in [1.29, 1.82) is 0 Å². The molecule has 0 spiro atoms. The lowest BCUT2D eigenvalue weighted by Crippen LogP contribution is -2.32. The van der Waals surface area contributed by atoms with Gasteiger partial charge >= 0.3 is 0 Å². The number of benzene rings is 3. The Balaban J connectivity index is 1.59. The third-order valence-electron chi connectivity index (χ3n) is 5.71. The molecule has 0 bridgehead atoms. The second-order valence-corrected chi connectivity index (χ2v) is 10.2. The second-order valence-electron chi connectivity index (χ2n) is 8.31. The molecule has 1 aromatic heterocycles. The number of rotatable bonds is 9. The van der Waals surface area contributed by atoms with Gasteiger partial charge in [-0.1, -0.05) is 54.1 Å². The Labute approximate surface area is 206 Å². The van der Waals surface area contributed by atoms with E-state index in [-0.39, 0.29) is 10.8 Å². The van der Waals surface area contributed by atoms with Gasteiger partial charge in [0.05, 0.1) is 10.6 Å². The molecule has 7 nitrogen and oxygen atoms in total. The zero-order valence-electron chi connectivity index (χ0n) is 19.8. The van der Waals surface area contributed by atoms with Crippen molar-refractivity contribution < 1.29 is 8.42 Å². The van der Waals surface area contributed by atoms with Crippen LogP contribution < -0.4 is 15.4 Å². The highest BCUT2D eigenvalue weighted by Gasteiger charge is 2.25. The first-order chi connectivity index (χ1) is 16.8. The van der Waals surface area contributed by atoms with Crippen molar-refractivity contribution in [2.75, 3.05) is 21.9 Å². The molecule has 8 heteroatoms. The minimum absolute atomic E-state index is 0.192. The summed E-state index contributed by atoms with van der Waals surface area (Å²) >= 11 is 0. The van der Waals surface area contributed by atoms with E-state index < -0.39 is 10.0 Å². The van der Waals surface area contributed by atoms with Crippen molar-refractivity contribution >= 4 is 33.2 Å². The number of para-hydroxylation sites is 2. The second kappa shape index (κ2) is 10.6. The lowest BCUT2D eigenvalue weighted by Gasteiger charge is -2.25. The maximum atomic E-state index is 13.6. The molecule has 0 aliphatic carbocycles. The maximum Gasteiger partial charge on any atom is 0.264 e. The van der Waals surface area contributed by atoms with Crippen LogP contribution in [0.15, 0.2) is 89.8 Å². The Hall–Kier alpha value is -3.91. The van der Waals surface area contributed by atoms with Crippen LogP contribution in [-0.4, -0.2) is 24.9 Å². The van der Waals surface area contributed by atoms with Gasteiger partial charge in [-0.3, -0.25) is 4.31 Å². The fraction of sp³-hybridized carbons (Fsp3) is 0.185. The van der Waals surface area contributed by atoms with Crippen LogP contribution in [0, 0.1) is 13.8 Å². The topological polar surface area (TPSA) is 101 Å². The fourth-order valence-corrected chi connectivity index (χ4v) is 5.40. The van der Waals surface area contributed by atoms with Crippen molar-refractivity contribution in [2.45, 2.75) is 31.6 Å². The first-order valence-corrected chi connectivity index (χ1v) is 12.9. The van der Waals surface area contributed by atoms with Gasteiger partial charge in [0.1, 0.15) is 5.82 Å². The van der Waals surface area contributed by atoms with Crippen molar-refractivity contribution in [3.05, 3.63) is 102 Å². The average molecular weight is 488 g/mol. The molecule has 35 heavy (non-hydrogen) atoms. The summed E-state index contributed by atoms with van der Waals surface area (Å²) in [4.78, 5) is 9.01. The van der Waals surface area contributed by atoms with Crippen molar-refractivity contribution in [3.8, 4) is 0 Å². The number of hydrogen-bond acceptors (Lipinski definition) is 6. The zero-order chi connectivity index (χ0) is 24.8. The summed E-state index contributed by atoms with van der Waals surface area (Å²) in [6.45, 7) is 4.12. The molecule has 3 N–H and O–H groups in total. The van der Waals surface area contributed by atoms with E-state index in [1.165, 1.54) is 4.31 Å². The fourth-order valence-electron chi connectivity index (χ4n) is 3.90. The van der Waals surface area contributed by atoms with E-state index in [1.807, 2.05) is 86.6 Å². The quantitative estimate of drug-likeness (QED) is 0.334. The molecule has 0 fully saturated rings. The minimum atomic E-state index is -3.73. The van der Waals surface area contributed by atoms with Gasteiger partial charge in [-0.15, -0.1) is 0 Å². The summed E-state index contributed by atoms with van der Waals surface area (Å²) < 4.78 is 28.6. The molecular weight excluding hydrogens is 458 g/mol. The van der Waals surface area contributed by atoms with E-state index >= 15 is 0 Å². The number of sulfonamides is 1. The van der Waals surface area contributed by atoms with Crippen LogP contribution in [0.2, 0.25) is 0 Å². The number of nitrogens with one attached hydrogen (secondary N) is 1. The Morgan fingerprint density at radius 2 is 1.49 bits per heavy atom. The van der Waals surface area contributed by atoms with Gasteiger partial charge < -0.3 is 11.1 Å². The summed E-state index contributed by atoms with van der Waals surface area (Å²) in [5.41, 5.74) is 10.1. The van der Waals surface area contributed by atoms with E-state index in [2.05, 4.69) is 15.3 Å². The lowest BCUT2D eigenvalue weighted by atomic mass is 10.1. The predicted octanol–water partition coefficient (Wildman–Crippen LogP) is 5.25. The molecule has 0 radical (unpaired) electrons. The molecule has 0 unspecified atom stereocenters. The number of aryl methyl sites for hydroxylation is 2. The number of nitrogens with zero attached hydrogens (tertiary/aromatic N) is 3. The molecule has 4 rings (SSSR count). The first kappa shape index (κ1) is 24.2. The zero-order valence-corrected chi connectivity index (χ0v) is 20.7. The average Bonchev–Trinajstić information content (AvgIpc) is 2.84. The van der Waals surface area contributed by atoms with Crippen LogP contribution >= 0.6 is 0 Å². The molecule has 1 heterocycles. The van der Waals surface area contributed by atoms with Crippen LogP contribution in [0.4, 0.5) is 23.1 Å². The van der Waals surface area contributed by atoms with Gasteiger partial charge in [-0.25, -0.2) is 13.4 Å². The van der Waals surface area contributed by atoms with Crippen molar-refractivity contribution in [1.82, 2.24) is 9.97 Å². The van der Waals surface area contributed by atoms with E-state index in [0.29, 0.717) is 30.9 Å². The Morgan fingerprint density at radius 3 is 2.14 bits per heavy atom. The third-order valence-corrected chi connectivity index (χ3v) is 7.55. The van der Waals surface area contributed by atoms with Crippen LogP contribution in [0.3, 0.4) is 0 Å². The highest BCUT2D eigenvalue weighted by atomic mass is 32.2. The number of nitrogen functional groups attached to an aromatic ring is 1. The molecular formula is C27H29N5O2S. The summed E-state index contributed by atoms with van der Waals surface area (Å²) in [5, 5.41) is 3.32. The Kier molecular flexibility index (Phi) is 7.31. The number of aromatic nitrogens is 2. The minimum Gasteiger partial charge on any atom is -0.368 e. The SMILES string of the molecule is Cc1ccc(S(=O)(=O)N(CCCc2c(C)nc(N)nc2Nc2ccccc2)c2ccccc2)cc1. The van der Waals surface area contributed by atoms with Crippen LogP contribution in [0.1, 0.15) is 23.2 Å². The normalized spacial score (nSPS) is 11.3. The number of hydrogen-bond donors (Lipinski definition) is 2. The third kappa shape index (κ3) is 5.78. The number of anilines is 4. The van der Waals surface area contributed by atoms with E-state index in [9.17, 15) is 8.42 Å². The highest BCUT2D eigenvalue weighted by molar-refractivity contribution is 7.92. The standard InChI is InChI=1S/C27H29N5O2S/c1-20-15-17-24(18-16-20)35(33,34)32(23-12-7-4-8-13-23)19-9-14-25-21(2)29-27(28)31-26(25)30-22-10-5-3-6-11-22/h3-8,10-13,15-18H,9,14,19H2,1-2H3,(H3,28,29,30,31). The molecule has 0 aliphatic rings. The van der Waals surface area contributed by atoms with E-state index in [0.717, 1.165) is 22.5 Å². The summed E-state index contributed by atoms with van der Waals surface area (Å²) in [5.74, 6) is 0.825. The van der Waals surface area contributed by atoms with Crippen molar-refractivity contribution in [2.24, 2.45) is 0 Å². The lowest BCUT2D eigenvalue weighted by molar-refractivity contribution is 0.589. The van der Waals surface area contributed by atoms with Gasteiger partial charge in [-0.2, -0.15) is 4.98 Å². The molecule has 0 atom stereocenters. The van der Waals surface area contributed by atoms with Crippen molar-refractivity contribution in [3.63, 3.8) is 0 Å². The van der Waals surface area contributed by atoms with E-state index in [4.69, 9.17) is 5.73 Å². The van der Waals surface area contributed by atoms with E-state index in [1.54, 1.807) is 12.1 Å². The molecule has 3 aromatic carbocycles. The Bertz CT molecular complexity index is 1380. The molecule has 0 saturated carbocycles. The Morgan fingerprint density at radius 1 is 0.857 bits per heavy atom. The molecule has 0 amide bonds. The molecule has 0 saturated heterocycles. The predicted molar refractivity (Wildman–Crippen MR) is 141 cm³/mol. The molecule has 0 aliphatic heterocycles. The van der Waals surface area contributed by atoms with Gasteiger partial charge in [0, 0.05) is 23.5 Å². The summed E-state index contributed by atoms with van der Waals surface area (Å²) in [6.07, 6.45) is 1.14. The van der Waals surface area contributed by atoms with Crippen LogP contribution in [-0.2, 0) is 16.4 Å². The van der Waals surface area contributed by atoms with Gasteiger partial charge in [0.2, 0.25) is 5.95 Å². The van der Waals surface area contributed by atoms with Gasteiger partial charge in [-0.05, 0) is 63.1 Å². The van der Waals surface area contributed by atoms with Crippen LogP contribution in [0.5, 0.6) is 0 Å². The summed E-state index contributed by atoms with van der Waals surface area (Å²) in [7, 11) is -3.73. The summed E-state index contributed by atoms with van der Waals surface area (Å²) in [6, 6.07) is 25.8. The first-order valence-electron chi connectivity index (χ1n) is 11.4. The van der Waals surface area contributed by atoms with Gasteiger partial charge in [0.25, 0.3) is 10.0 Å². The number of nitrogens with two attached hydrogens (primary N) is 1. The highest BCUT2D eigenvalue weighted by Crippen LogP contribution is 2.27. The molecule has 4 aromatic rings.